The van der Waals surface area contributed by atoms with Gasteiger partial charge in [-0.3, -0.25) is 14.6 Å². The summed E-state index contributed by atoms with van der Waals surface area (Å²) in [5.41, 5.74) is -1.89. The summed E-state index contributed by atoms with van der Waals surface area (Å²) in [7, 11) is 3.25. The second-order valence-corrected chi connectivity index (χ2v) is 10.7. The fourth-order valence-corrected chi connectivity index (χ4v) is 4.52. The van der Waals surface area contributed by atoms with Gasteiger partial charge in [0.1, 0.15) is 23.6 Å². The van der Waals surface area contributed by atoms with Crippen LogP contribution >= 0.6 is 0 Å². The van der Waals surface area contributed by atoms with E-state index in [0.717, 1.165) is 0 Å². The molecule has 1 fully saturated rings. The zero-order valence-corrected chi connectivity index (χ0v) is 25.2. The predicted octanol–water partition coefficient (Wildman–Crippen LogP) is 1.90. The molecule has 230 valence electrons. The first-order chi connectivity index (χ1) is 18.1. The molecule has 0 bridgehead atoms. The standard InChI is InChI=1S/C26H47NO9.C2H6O/c1-9-19(28)16(5)24(32)36-20(10-2)26(7,33)23(31)17(6)21(29)14(3)11-12-34-25-22(30)18(27-8)13-15(4)35-25;1-3-2/h14-20,22-23,25,28,30-31,33H,8-13H2,1-7H3;1-2H3. The topological polar surface area (TPSA) is 164 Å². The Kier molecular flexibility index (Phi) is 17.4. The molecule has 0 saturated carbocycles. The lowest BCUT2D eigenvalue weighted by Crippen LogP contribution is -2.55. The van der Waals surface area contributed by atoms with Gasteiger partial charge in [-0.05, 0) is 53.2 Å². The molecule has 0 aromatic heterocycles. The normalized spacial score (nSPS) is 27.4. The van der Waals surface area contributed by atoms with Gasteiger partial charge in [0, 0.05) is 26.1 Å². The maximum Gasteiger partial charge on any atom is 0.311 e. The van der Waals surface area contributed by atoms with Crippen molar-refractivity contribution in [1.29, 1.82) is 0 Å². The number of hydrogen-bond donors (Lipinski definition) is 4. The Morgan fingerprint density at radius 1 is 1.13 bits per heavy atom. The molecule has 1 aliphatic heterocycles. The monoisotopic (exact) mass is 563 g/mol. The first-order valence-corrected chi connectivity index (χ1v) is 13.8. The third-order valence-electron chi connectivity index (χ3n) is 7.34. The van der Waals surface area contributed by atoms with Gasteiger partial charge in [-0.2, -0.15) is 0 Å². The summed E-state index contributed by atoms with van der Waals surface area (Å²) in [6.07, 6.45) is -3.99. The summed E-state index contributed by atoms with van der Waals surface area (Å²) in [6.45, 7) is 15.0. The van der Waals surface area contributed by atoms with Crippen molar-refractivity contribution in [3.8, 4) is 0 Å². The van der Waals surface area contributed by atoms with Gasteiger partial charge in [-0.25, -0.2) is 0 Å². The second kappa shape index (κ2) is 18.1. The lowest BCUT2D eigenvalue weighted by atomic mass is 9.79. The van der Waals surface area contributed by atoms with E-state index >= 15 is 0 Å². The van der Waals surface area contributed by atoms with Crippen molar-refractivity contribution < 1.29 is 49.0 Å². The van der Waals surface area contributed by atoms with Crippen molar-refractivity contribution in [2.75, 3.05) is 20.8 Å². The third-order valence-corrected chi connectivity index (χ3v) is 7.34. The van der Waals surface area contributed by atoms with E-state index in [1.807, 2.05) is 6.92 Å². The third kappa shape index (κ3) is 11.1. The van der Waals surface area contributed by atoms with Crippen LogP contribution in [0, 0.1) is 17.8 Å². The largest absolute Gasteiger partial charge is 0.459 e. The van der Waals surface area contributed by atoms with E-state index in [1.165, 1.54) is 20.8 Å². The van der Waals surface area contributed by atoms with Crippen LogP contribution in [0.4, 0.5) is 0 Å². The van der Waals surface area contributed by atoms with Crippen molar-refractivity contribution >= 4 is 18.5 Å². The fraction of sp³-hybridized carbons (Fsp3) is 0.893. The number of rotatable bonds is 15. The van der Waals surface area contributed by atoms with E-state index in [1.54, 1.807) is 35.0 Å². The summed E-state index contributed by atoms with van der Waals surface area (Å²) in [5, 5.41) is 42.3. The van der Waals surface area contributed by atoms with Gasteiger partial charge >= 0.3 is 5.97 Å². The number of methoxy groups -OCH3 is 1. The molecule has 11 unspecified atom stereocenters. The van der Waals surface area contributed by atoms with Crippen LogP contribution in [0.3, 0.4) is 0 Å². The molecular weight excluding hydrogens is 510 g/mol. The quantitative estimate of drug-likeness (QED) is 0.171. The van der Waals surface area contributed by atoms with Gasteiger partial charge in [0.2, 0.25) is 0 Å². The molecule has 1 saturated heterocycles. The van der Waals surface area contributed by atoms with Crippen LogP contribution in [0.2, 0.25) is 0 Å². The number of ketones is 1. The highest BCUT2D eigenvalue weighted by molar-refractivity contribution is 5.83. The number of carbonyl (C=O) groups is 2. The fourth-order valence-electron chi connectivity index (χ4n) is 4.52. The Hall–Kier alpha value is -1.47. The smallest absolute Gasteiger partial charge is 0.311 e. The van der Waals surface area contributed by atoms with Crippen molar-refractivity contribution in [3.05, 3.63) is 0 Å². The molecule has 1 heterocycles. The van der Waals surface area contributed by atoms with Crippen LogP contribution in [0.15, 0.2) is 4.99 Å². The minimum atomic E-state index is -1.89. The summed E-state index contributed by atoms with van der Waals surface area (Å²) in [4.78, 5) is 29.4. The van der Waals surface area contributed by atoms with Gasteiger partial charge < -0.3 is 39.4 Å². The molecule has 4 N–H and O–H groups in total. The minimum absolute atomic E-state index is 0.136. The van der Waals surface area contributed by atoms with Crippen molar-refractivity contribution in [2.45, 2.75) is 123 Å². The van der Waals surface area contributed by atoms with Gasteiger partial charge in [-0.15, -0.1) is 0 Å². The van der Waals surface area contributed by atoms with E-state index in [-0.39, 0.29) is 31.0 Å². The molecule has 11 nitrogen and oxygen atoms in total. The number of aliphatic hydroxyl groups excluding tert-OH is 3. The van der Waals surface area contributed by atoms with Gasteiger partial charge in [0.15, 0.2) is 6.29 Å². The maximum atomic E-state index is 13.0. The number of Topliss-reactive ketones (excluding diaryl/α,β-unsaturated/α-hetero) is 1. The Balaban J connectivity index is 0.00000458. The van der Waals surface area contributed by atoms with Gasteiger partial charge in [0.05, 0.1) is 36.9 Å². The molecule has 0 radical (unpaired) electrons. The first-order valence-electron chi connectivity index (χ1n) is 13.8. The summed E-state index contributed by atoms with van der Waals surface area (Å²) < 4.78 is 21.0. The molecule has 1 aliphatic rings. The highest BCUT2D eigenvalue weighted by atomic mass is 16.7. The first kappa shape index (κ1) is 37.5. The molecule has 11 heteroatoms. The number of aliphatic hydroxyl groups is 4. The van der Waals surface area contributed by atoms with E-state index < -0.39 is 60.0 Å². The van der Waals surface area contributed by atoms with Crippen LogP contribution in [0.5, 0.6) is 0 Å². The molecule has 0 aromatic carbocycles. The number of hydrogen-bond acceptors (Lipinski definition) is 11. The maximum absolute atomic E-state index is 13.0. The number of carbonyl (C=O) groups excluding carboxylic acids is 2. The van der Waals surface area contributed by atoms with Gasteiger partial charge in [0.25, 0.3) is 0 Å². The molecule has 1 rings (SSSR count). The number of esters is 1. The zero-order chi connectivity index (χ0) is 30.5. The molecule has 0 aromatic rings. The van der Waals surface area contributed by atoms with Crippen LogP contribution in [-0.4, -0.2) is 108 Å². The highest BCUT2D eigenvalue weighted by Gasteiger charge is 2.46. The minimum Gasteiger partial charge on any atom is -0.459 e. The zero-order valence-electron chi connectivity index (χ0n) is 25.2. The van der Waals surface area contributed by atoms with Crippen LogP contribution in [0.25, 0.3) is 0 Å². The number of ether oxygens (including phenoxy) is 4. The predicted molar refractivity (Wildman–Crippen MR) is 147 cm³/mol. The molecule has 0 spiro atoms. The Morgan fingerprint density at radius 3 is 2.18 bits per heavy atom. The SMILES string of the molecule is C=NC1CC(C)OC(OCCC(C)C(=O)C(C)C(O)C(C)(O)C(CC)OC(=O)C(C)C(O)CC)C1O.COC. The Morgan fingerprint density at radius 2 is 1.69 bits per heavy atom. The highest BCUT2D eigenvalue weighted by Crippen LogP contribution is 2.29. The summed E-state index contributed by atoms with van der Waals surface area (Å²) in [5.74, 6) is -3.22. The van der Waals surface area contributed by atoms with Crippen molar-refractivity contribution in [1.82, 2.24) is 0 Å². The van der Waals surface area contributed by atoms with Crippen LogP contribution in [-0.2, 0) is 28.5 Å². The van der Waals surface area contributed by atoms with Crippen molar-refractivity contribution in [3.63, 3.8) is 0 Å². The summed E-state index contributed by atoms with van der Waals surface area (Å²) >= 11 is 0. The second-order valence-electron chi connectivity index (χ2n) is 10.7. The van der Waals surface area contributed by atoms with E-state index in [9.17, 15) is 30.0 Å². The van der Waals surface area contributed by atoms with Crippen LogP contribution in [0.1, 0.15) is 74.1 Å². The Bertz CT molecular complexity index is 733. The van der Waals surface area contributed by atoms with Crippen molar-refractivity contribution in [2.24, 2.45) is 22.7 Å². The molecule has 0 aliphatic carbocycles. The average Bonchev–Trinajstić information content (AvgIpc) is 2.90. The van der Waals surface area contributed by atoms with Crippen LogP contribution < -0.4 is 0 Å². The lowest BCUT2D eigenvalue weighted by Gasteiger charge is -2.39. The average molecular weight is 564 g/mol. The summed E-state index contributed by atoms with van der Waals surface area (Å²) in [6, 6.07) is -0.385. The van der Waals surface area contributed by atoms with E-state index in [0.29, 0.717) is 19.3 Å². The van der Waals surface area contributed by atoms with Gasteiger partial charge in [-0.1, -0.05) is 27.7 Å². The Labute approximate surface area is 233 Å². The molecule has 39 heavy (non-hydrogen) atoms. The molecular formula is C28H53NO10. The van der Waals surface area contributed by atoms with E-state index in [2.05, 4.69) is 16.4 Å². The molecule has 11 atom stereocenters. The van der Waals surface area contributed by atoms with E-state index in [4.69, 9.17) is 14.2 Å². The number of nitrogens with zero attached hydrogens (tertiary/aromatic N) is 1. The number of aliphatic imine (C=N–C) groups is 1. The lowest BCUT2D eigenvalue weighted by molar-refractivity contribution is -0.241. The molecule has 0 amide bonds.